The van der Waals surface area contributed by atoms with Gasteiger partial charge in [0.05, 0.1) is 27.3 Å². The Bertz CT molecular complexity index is 1170. The van der Waals surface area contributed by atoms with Gasteiger partial charge in [-0.25, -0.2) is 4.98 Å². The van der Waals surface area contributed by atoms with Crippen molar-refractivity contribution in [3.63, 3.8) is 0 Å². The number of halogens is 2. The fourth-order valence-corrected chi connectivity index (χ4v) is 4.49. The van der Waals surface area contributed by atoms with Gasteiger partial charge in [-0.1, -0.05) is 77.9 Å². The van der Waals surface area contributed by atoms with Gasteiger partial charge >= 0.3 is 0 Å². The molecule has 4 aromatic rings. The lowest BCUT2D eigenvalue weighted by atomic mass is 10.1. The van der Waals surface area contributed by atoms with E-state index in [0.717, 1.165) is 22.2 Å². The van der Waals surface area contributed by atoms with E-state index >= 15 is 0 Å². The number of amides is 1. The summed E-state index contributed by atoms with van der Waals surface area (Å²) in [5, 5.41) is 1.47. The minimum atomic E-state index is -0.226. The minimum absolute atomic E-state index is 0.226. The molecule has 0 N–H and O–H groups in total. The fourth-order valence-electron chi connectivity index (χ4n) is 3.09. The molecule has 3 aromatic carbocycles. The molecule has 6 heteroatoms. The first-order chi connectivity index (χ1) is 14.0. The molecule has 0 fully saturated rings. The number of hydrogen-bond acceptors (Lipinski definition) is 3. The smallest absolute Gasteiger partial charge is 0.261 e. The van der Waals surface area contributed by atoms with Crippen LogP contribution in [0.2, 0.25) is 10.0 Å². The van der Waals surface area contributed by atoms with Gasteiger partial charge in [0.2, 0.25) is 0 Å². The van der Waals surface area contributed by atoms with E-state index in [2.05, 4.69) is 19.1 Å². The zero-order valence-corrected chi connectivity index (χ0v) is 18.1. The number of hydrogen-bond donors (Lipinski definition) is 0. The van der Waals surface area contributed by atoms with Crippen LogP contribution in [-0.4, -0.2) is 10.9 Å². The van der Waals surface area contributed by atoms with Crippen LogP contribution >= 0.6 is 34.5 Å². The van der Waals surface area contributed by atoms with E-state index in [1.807, 2.05) is 36.4 Å². The molecule has 3 nitrogen and oxygen atoms in total. The number of fused-ring (bicyclic) bond motifs is 1. The monoisotopic (exact) mass is 440 g/mol. The normalized spacial score (nSPS) is 11.0. The van der Waals surface area contributed by atoms with Gasteiger partial charge in [-0.05, 0) is 47.9 Å². The summed E-state index contributed by atoms with van der Waals surface area (Å²) in [5.41, 5.74) is 3.49. The third-order valence-electron chi connectivity index (χ3n) is 4.67. The lowest BCUT2D eigenvalue weighted by molar-refractivity contribution is 0.0985. The summed E-state index contributed by atoms with van der Waals surface area (Å²) >= 11 is 14.0. The maximum absolute atomic E-state index is 13.5. The first-order valence-corrected chi connectivity index (χ1v) is 10.8. The Morgan fingerprint density at radius 1 is 1.00 bits per heavy atom. The Balaban J connectivity index is 1.79. The second-order valence-corrected chi connectivity index (χ2v) is 8.51. The van der Waals surface area contributed by atoms with Crippen LogP contribution in [0.1, 0.15) is 28.4 Å². The average molecular weight is 441 g/mol. The molecule has 0 radical (unpaired) electrons. The molecular formula is C23H18Cl2N2OS. The molecule has 0 saturated carbocycles. The zero-order valence-electron chi connectivity index (χ0n) is 15.7. The number of aromatic nitrogens is 1. The summed E-state index contributed by atoms with van der Waals surface area (Å²) in [6.07, 6.45) is 0.952. The molecule has 146 valence electrons. The maximum atomic E-state index is 13.5. The standard InChI is InChI=1S/C23H18Cl2N2OS/c1-2-15-8-11-20-21(12-15)29-23(26-20)27(14-16-6-4-3-5-7-16)22(28)18-13-17(24)9-10-19(18)25/h3-13H,2,14H2,1H3. The molecular weight excluding hydrogens is 423 g/mol. The van der Waals surface area contributed by atoms with Crippen LogP contribution in [0.4, 0.5) is 5.13 Å². The van der Waals surface area contributed by atoms with Gasteiger partial charge in [-0.2, -0.15) is 0 Å². The van der Waals surface area contributed by atoms with E-state index in [0.29, 0.717) is 27.3 Å². The molecule has 0 aliphatic rings. The Morgan fingerprint density at radius 2 is 1.79 bits per heavy atom. The van der Waals surface area contributed by atoms with Crippen molar-refractivity contribution in [3.05, 3.63) is 93.5 Å². The molecule has 0 aliphatic heterocycles. The van der Waals surface area contributed by atoms with E-state index in [1.54, 1.807) is 23.1 Å². The second kappa shape index (κ2) is 8.54. The highest BCUT2D eigenvalue weighted by atomic mass is 35.5. The predicted octanol–water partition coefficient (Wildman–Crippen LogP) is 7.01. The number of carbonyl (C=O) groups is 1. The van der Waals surface area contributed by atoms with Gasteiger partial charge in [-0.15, -0.1) is 0 Å². The molecule has 0 bridgehead atoms. The third kappa shape index (κ3) is 4.30. The zero-order chi connectivity index (χ0) is 20.4. The number of thiazole rings is 1. The van der Waals surface area contributed by atoms with Crippen molar-refractivity contribution in [1.29, 1.82) is 0 Å². The van der Waals surface area contributed by atoms with Gasteiger partial charge in [0.15, 0.2) is 5.13 Å². The first-order valence-electron chi connectivity index (χ1n) is 9.25. The predicted molar refractivity (Wildman–Crippen MR) is 122 cm³/mol. The molecule has 1 aromatic heterocycles. The number of benzene rings is 3. The van der Waals surface area contributed by atoms with Gasteiger partial charge < -0.3 is 0 Å². The maximum Gasteiger partial charge on any atom is 0.261 e. The van der Waals surface area contributed by atoms with Gasteiger partial charge in [0.25, 0.3) is 5.91 Å². The van der Waals surface area contributed by atoms with E-state index in [4.69, 9.17) is 28.2 Å². The molecule has 0 saturated heterocycles. The van der Waals surface area contributed by atoms with E-state index in [-0.39, 0.29) is 5.91 Å². The Morgan fingerprint density at radius 3 is 2.55 bits per heavy atom. The van der Waals surface area contributed by atoms with Crippen LogP contribution in [0.25, 0.3) is 10.2 Å². The minimum Gasteiger partial charge on any atom is -0.279 e. The highest BCUT2D eigenvalue weighted by Gasteiger charge is 2.24. The van der Waals surface area contributed by atoms with Crippen LogP contribution < -0.4 is 4.90 Å². The van der Waals surface area contributed by atoms with Crippen LogP contribution in [-0.2, 0) is 13.0 Å². The van der Waals surface area contributed by atoms with Crippen LogP contribution in [0.15, 0.2) is 66.7 Å². The van der Waals surface area contributed by atoms with E-state index in [9.17, 15) is 4.79 Å². The topological polar surface area (TPSA) is 33.2 Å². The number of anilines is 1. The highest BCUT2D eigenvalue weighted by Crippen LogP contribution is 2.33. The SMILES string of the molecule is CCc1ccc2nc(N(Cc3ccccc3)C(=O)c3cc(Cl)ccc3Cl)sc2c1. The Labute approximate surface area is 183 Å². The highest BCUT2D eigenvalue weighted by molar-refractivity contribution is 7.22. The van der Waals surface area contributed by atoms with Gasteiger partial charge in [0.1, 0.15) is 0 Å². The molecule has 0 spiro atoms. The second-order valence-electron chi connectivity index (χ2n) is 6.65. The van der Waals surface area contributed by atoms with Crippen LogP contribution in [0.3, 0.4) is 0 Å². The largest absolute Gasteiger partial charge is 0.279 e. The van der Waals surface area contributed by atoms with Gasteiger partial charge in [0, 0.05) is 5.02 Å². The van der Waals surface area contributed by atoms with Crippen molar-refractivity contribution in [2.24, 2.45) is 0 Å². The molecule has 0 unspecified atom stereocenters. The van der Waals surface area contributed by atoms with Crippen molar-refractivity contribution in [2.75, 3.05) is 4.90 Å². The molecule has 29 heavy (non-hydrogen) atoms. The first kappa shape index (κ1) is 19.9. The van der Waals surface area contributed by atoms with Crippen LogP contribution in [0, 0.1) is 0 Å². The van der Waals surface area contributed by atoms with Crippen molar-refractivity contribution in [2.45, 2.75) is 19.9 Å². The number of rotatable bonds is 5. The lowest BCUT2D eigenvalue weighted by Gasteiger charge is -2.21. The van der Waals surface area contributed by atoms with Crippen molar-refractivity contribution in [1.82, 2.24) is 4.98 Å². The molecule has 1 amide bonds. The fraction of sp³-hybridized carbons (Fsp3) is 0.130. The molecule has 4 rings (SSSR count). The summed E-state index contributed by atoms with van der Waals surface area (Å²) in [6, 6.07) is 21.0. The Hall–Kier alpha value is -2.40. The summed E-state index contributed by atoms with van der Waals surface area (Å²) in [4.78, 5) is 19.9. The summed E-state index contributed by atoms with van der Waals surface area (Å²) in [7, 11) is 0. The van der Waals surface area contributed by atoms with Crippen molar-refractivity contribution >= 4 is 55.8 Å². The average Bonchev–Trinajstić information content (AvgIpc) is 3.16. The van der Waals surface area contributed by atoms with E-state index in [1.165, 1.54) is 16.9 Å². The summed E-state index contributed by atoms with van der Waals surface area (Å²) in [6.45, 7) is 2.51. The number of aryl methyl sites for hydroxylation is 1. The number of carbonyl (C=O) groups excluding carboxylic acids is 1. The van der Waals surface area contributed by atoms with E-state index < -0.39 is 0 Å². The van der Waals surface area contributed by atoms with Crippen molar-refractivity contribution in [3.8, 4) is 0 Å². The summed E-state index contributed by atoms with van der Waals surface area (Å²) < 4.78 is 1.06. The summed E-state index contributed by atoms with van der Waals surface area (Å²) in [5.74, 6) is -0.226. The van der Waals surface area contributed by atoms with Crippen LogP contribution in [0.5, 0.6) is 0 Å². The Kier molecular flexibility index (Phi) is 5.86. The third-order valence-corrected chi connectivity index (χ3v) is 6.27. The lowest BCUT2D eigenvalue weighted by Crippen LogP contribution is -2.30. The molecule has 0 atom stereocenters. The van der Waals surface area contributed by atoms with Gasteiger partial charge in [-0.3, -0.25) is 9.69 Å². The molecule has 0 aliphatic carbocycles. The number of nitrogens with zero attached hydrogens (tertiary/aromatic N) is 2. The van der Waals surface area contributed by atoms with Crippen molar-refractivity contribution < 1.29 is 4.79 Å². The quantitative estimate of drug-likeness (QED) is 0.334. The molecule has 1 heterocycles.